The van der Waals surface area contributed by atoms with E-state index < -0.39 is 0 Å². The maximum atomic E-state index is 5.30. The van der Waals surface area contributed by atoms with Gasteiger partial charge in [-0.2, -0.15) is 0 Å². The van der Waals surface area contributed by atoms with Crippen molar-refractivity contribution >= 4 is 15.9 Å². The first-order chi connectivity index (χ1) is 8.69. The highest BCUT2D eigenvalue weighted by Crippen LogP contribution is 2.25. The number of halogens is 1. The zero-order chi connectivity index (χ0) is 13.4. The van der Waals surface area contributed by atoms with Crippen molar-refractivity contribution in [2.75, 3.05) is 26.8 Å². The van der Waals surface area contributed by atoms with Gasteiger partial charge in [0, 0.05) is 30.7 Å². The van der Waals surface area contributed by atoms with E-state index in [2.05, 4.69) is 59.4 Å². The lowest BCUT2D eigenvalue weighted by Crippen LogP contribution is -2.28. The standard InChI is InChI=1S/C15H24BrNO/c1-4-9-17-10-15(12(2)11-18-3)13-5-7-14(16)8-6-13/h5-8,12,15,17H,4,9-11H2,1-3H3. The number of benzene rings is 1. The van der Waals surface area contributed by atoms with Crippen LogP contribution in [0.3, 0.4) is 0 Å². The molecule has 0 spiro atoms. The Bertz CT molecular complexity index is 326. The minimum atomic E-state index is 0.504. The van der Waals surface area contributed by atoms with Crippen molar-refractivity contribution in [3.63, 3.8) is 0 Å². The summed E-state index contributed by atoms with van der Waals surface area (Å²) in [6, 6.07) is 8.63. The average molecular weight is 314 g/mol. The summed E-state index contributed by atoms with van der Waals surface area (Å²) in [5.41, 5.74) is 1.38. The Morgan fingerprint density at radius 1 is 1.28 bits per heavy atom. The van der Waals surface area contributed by atoms with Gasteiger partial charge in [0.05, 0.1) is 0 Å². The molecule has 0 heterocycles. The van der Waals surface area contributed by atoms with Crippen molar-refractivity contribution in [1.82, 2.24) is 5.32 Å². The zero-order valence-corrected chi connectivity index (χ0v) is 13.2. The van der Waals surface area contributed by atoms with Crippen LogP contribution in [-0.2, 0) is 4.74 Å². The van der Waals surface area contributed by atoms with Crippen LogP contribution in [-0.4, -0.2) is 26.8 Å². The molecule has 18 heavy (non-hydrogen) atoms. The molecule has 0 saturated carbocycles. The topological polar surface area (TPSA) is 21.3 Å². The second-order valence-electron chi connectivity index (χ2n) is 4.79. The number of rotatable bonds is 8. The Kier molecular flexibility index (Phi) is 7.56. The summed E-state index contributed by atoms with van der Waals surface area (Å²) in [7, 11) is 1.77. The zero-order valence-electron chi connectivity index (χ0n) is 11.6. The molecule has 0 aromatic heterocycles. The molecular formula is C15H24BrNO. The van der Waals surface area contributed by atoms with Gasteiger partial charge in [-0.15, -0.1) is 0 Å². The largest absolute Gasteiger partial charge is 0.384 e. The van der Waals surface area contributed by atoms with E-state index in [9.17, 15) is 0 Å². The number of ether oxygens (including phenoxy) is 1. The molecule has 2 atom stereocenters. The quantitative estimate of drug-likeness (QED) is 0.737. The van der Waals surface area contributed by atoms with E-state index in [1.165, 1.54) is 12.0 Å². The lowest BCUT2D eigenvalue weighted by molar-refractivity contribution is 0.146. The average Bonchev–Trinajstić information content (AvgIpc) is 2.36. The van der Waals surface area contributed by atoms with E-state index >= 15 is 0 Å². The van der Waals surface area contributed by atoms with Crippen LogP contribution in [0.25, 0.3) is 0 Å². The summed E-state index contributed by atoms with van der Waals surface area (Å²) >= 11 is 3.49. The minimum Gasteiger partial charge on any atom is -0.384 e. The Morgan fingerprint density at radius 2 is 1.94 bits per heavy atom. The molecule has 0 fully saturated rings. The summed E-state index contributed by atoms with van der Waals surface area (Å²) in [6.45, 7) is 7.34. The molecule has 0 bridgehead atoms. The first kappa shape index (κ1) is 15.7. The van der Waals surface area contributed by atoms with Crippen molar-refractivity contribution in [2.24, 2.45) is 5.92 Å². The van der Waals surface area contributed by atoms with Crippen LogP contribution >= 0.6 is 15.9 Å². The maximum Gasteiger partial charge on any atom is 0.0494 e. The van der Waals surface area contributed by atoms with Gasteiger partial charge in [0.1, 0.15) is 0 Å². The second-order valence-corrected chi connectivity index (χ2v) is 5.71. The second kappa shape index (κ2) is 8.68. The van der Waals surface area contributed by atoms with Gasteiger partial charge in [0.25, 0.3) is 0 Å². The van der Waals surface area contributed by atoms with E-state index in [4.69, 9.17) is 4.74 Å². The predicted molar refractivity (Wildman–Crippen MR) is 81.1 cm³/mol. The van der Waals surface area contributed by atoms with E-state index in [1.54, 1.807) is 7.11 Å². The lowest BCUT2D eigenvalue weighted by atomic mass is 9.87. The molecule has 1 rings (SSSR count). The van der Waals surface area contributed by atoms with Gasteiger partial charge in [-0.3, -0.25) is 0 Å². The Labute approximate surface area is 119 Å². The molecular weight excluding hydrogens is 290 g/mol. The summed E-state index contributed by atoms with van der Waals surface area (Å²) in [6.07, 6.45) is 1.17. The molecule has 1 aromatic rings. The third kappa shape index (κ3) is 5.09. The Balaban J connectivity index is 2.72. The molecule has 0 radical (unpaired) electrons. The fourth-order valence-corrected chi connectivity index (χ4v) is 2.44. The summed E-state index contributed by atoms with van der Waals surface area (Å²) in [5.74, 6) is 1.02. The Morgan fingerprint density at radius 3 is 2.50 bits per heavy atom. The normalized spacial score (nSPS) is 14.4. The van der Waals surface area contributed by atoms with Crippen molar-refractivity contribution in [1.29, 1.82) is 0 Å². The summed E-state index contributed by atoms with van der Waals surface area (Å²) in [4.78, 5) is 0. The summed E-state index contributed by atoms with van der Waals surface area (Å²) < 4.78 is 6.43. The van der Waals surface area contributed by atoms with Crippen LogP contribution in [0.1, 0.15) is 31.7 Å². The van der Waals surface area contributed by atoms with Gasteiger partial charge in [-0.05, 0) is 36.6 Å². The number of hydrogen-bond acceptors (Lipinski definition) is 2. The molecule has 0 aliphatic rings. The first-order valence-electron chi connectivity index (χ1n) is 6.64. The third-order valence-electron chi connectivity index (χ3n) is 3.21. The van der Waals surface area contributed by atoms with Crippen LogP contribution in [0.4, 0.5) is 0 Å². The van der Waals surface area contributed by atoms with Gasteiger partial charge in [-0.25, -0.2) is 0 Å². The number of nitrogens with one attached hydrogen (secondary N) is 1. The predicted octanol–water partition coefficient (Wildman–Crippen LogP) is 3.81. The molecule has 2 unspecified atom stereocenters. The molecule has 0 aliphatic heterocycles. The van der Waals surface area contributed by atoms with Gasteiger partial charge in [-0.1, -0.05) is 41.9 Å². The highest BCUT2D eigenvalue weighted by atomic mass is 79.9. The van der Waals surface area contributed by atoms with E-state index in [1.807, 2.05) is 0 Å². The van der Waals surface area contributed by atoms with Crippen LogP contribution in [0, 0.1) is 5.92 Å². The fraction of sp³-hybridized carbons (Fsp3) is 0.600. The molecule has 1 N–H and O–H groups in total. The van der Waals surface area contributed by atoms with Gasteiger partial charge in [0.2, 0.25) is 0 Å². The number of methoxy groups -OCH3 is 1. The minimum absolute atomic E-state index is 0.504. The molecule has 2 nitrogen and oxygen atoms in total. The van der Waals surface area contributed by atoms with E-state index in [0.717, 1.165) is 24.2 Å². The molecule has 102 valence electrons. The number of hydrogen-bond donors (Lipinski definition) is 1. The molecule has 0 aliphatic carbocycles. The molecule has 0 saturated heterocycles. The Hall–Kier alpha value is -0.380. The lowest BCUT2D eigenvalue weighted by Gasteiger charge is -2.24. The van der Waals surface area contributed by atoms with Gasteiger partial charge in [0.15, 0.2) is 0 Å². The van der Waals surface area contributed by atoms with E-state index in [-0.39, 0.29) is 0 Å². The monoisotopic (exact) mass is 313 g/mol. The van der Waals surface area contributed by atoms with Gasteiger partial charge < -0.3 is 10.1 Å². The van der Waals surface area contributed by atoms with Crippen molar-refractivity contribution in [3.05, 3.63) is 34.3 Å². The van der Waals surface area contributed by atoms with Crippen molar-refractivity contribution in [2.45, 2.75) is 26.2 Å². The van der Waals surface area contributed by atoms with Crippen LogP contribution in [0.5, 0.6) is 0 Å². The SMILES string of the molecule is CCCNCC(c1ccc(Br)cc1)C(C)COC. The molecule has 1 aromatic carbocycles. The van der Waals surface area contributed by atoms with Crippen molar-refractivity contribution in [3.8, 4) is 0 Å². The smallest absolute Gasteiger partial charge is 0.0494 e. The molecule has 3 heteroatoms. The highest BCUT2D eigenvalue weighted by Gasteiger charge is 2.18. The molecule has 0 amide bonds. The third-order valence-corrected chi connectivity index (χ3v) is 3.73. The van der Waals surface area contributed by atoms with Gasteiger partial charge >= 0.3 is 0 Å². The van der Waals surface area contributed by atoms with Crippen LogP contribution < -0.4 is 5.32 Å². The summed E-state index contributed by atoms with van der Waals surface area (Å²) in [5, 5.41) is 3.52. The fourth-order valence-electron chi connectivity index (χ4n) is 2.17. The van der Waals surface area contributed by atoms with Crippen molar-refractivity contribution < 1.29 is 4.74 Å². The van der Waals surface area contributed by atoms with Crippen LogP contribution in [0.2, 0.25) is 0 Å². The highest BCUT2D eigenvalue weighted by molar-refractivity contribution is 9.10. The van der Waals surface area contributed by atoms with E-state index in [0.29, 0.717) is 11.8 Å². The maximum absolute atomic E-state index is 5.30. The van der Waals surface area contributed by atoms with Crippen LogP contribution in [0.15, 0.2) is 28.7 Å². The first-order valence-corrected chi connectivity index (χ1v) is 7.43.